The molecule has 138 valence electrons. The number of piperidine rings is 1. The summed E-state index contributed by atoms with van der Waals surface area (Å²) < 4.78 is 13.2. The molecule has 0 unspecified atom stereocenters. The first-order valence-electron chi connectivity index (χ1n) is 9.09. The molecule has 1 heterocycles. The molecule has 0 atom stereocenters. The van der Waals surface area contributed by atoms with E-state index in [2.05, 4.69) is 22.3 Å². The molecule has 0 spiro atoms. The van der Waals surface area contributed by atoms with Crippen LogP contribution in [0.2, 0.25) is 5.02 Å². The largest absolute Gasteiger partial charge is 0.353 e. The van der Waals surface area contributed by atoms with Crippen LogP contribution in [0, 0.1) is 5.82 Å². The Morgan fingerprint density at radius 3 is 2.54 bits per heavy atom. The zero-order valence-corrected chi connectivity index (χ0v) is 15.5. The SMILES string of the molecule is O=C(CCc1cccc(F)c1)NC1CCN(Cc2ccc(Cl)cc2)CC1. The number of benzene rings is 2. The molecule has 0 bridgehead atoms. The molecule has 3 rings (SSSR count). The second-order valence-corrected chi connectivity index (χ2v) is 7.31. The number of hydrogen-bond donors (Lipinski definition) is 1. The predicted octanol–water partition coefficient (Wildman–Crippen LogP) is 4.19. The first kappa shape index (κ1) is 18.9. The highest BCUT2D eigenvalue weighted by Crippen LogP contribution is 2.16. The third-order valence-corrected chi connectivity index (χ3v) is 5.05. The van der Waals surface area contributed by atoms with Gasteiger partial charge in [0.15, 0.2) is 0 Å². The van der Waals surface area contributed by atoms with Gasteiger partial charge in [-0.2, -0.15) is 0 Å². The first-order valence-corrected chi connectivity index (χ1v) is 9.47. The molecule has 3 nitrogen and oxygen atoms in total. The summed E-state index contributed by atoms with van der Waals surface area (Å²) >= 11 is 5.92. The molecular weight excluding hydrogens is 351 g/mol. The van der Waals surface area contributed by atoms with Crippen molar-refractivity contribution in [2.75, 3.05) is 13.1 Å². The van der Waals surface area contributed by atoms with Crippen LogP contribution in [0.25, 0.3) is 0 Å². The molecule has 1 aliphatic heterocycles. The molecule has 2 aromatic rings. The van der Waals surface area contributed by atoms with Gasteiger partial charge in [-0.1, -0.05) is 35.9 Å². The fourth-order valence-electron chi connectivity index (χ4n) is 3.33. The van der Waals surface area contributed by atoms with Crippen molar-refractivity contribution >= 4 is 17.5 Å². The molecular formula is C21H24ClFN2O. The zero-order chi connectivity index (χ0) is 18.4. The molecule has 0 saturated carbocycles. The van der Waals surface area contributed by atoms with Crippen molar-refractivity contribution in [3.8, 4) is 0 Å². The van der Waals surface area contributed by atoms with Crippen LogP contribution in [0.1, 0.15) is 30.4 Å². The van der Waals surface area contributed by atoms with E-state index in [4.69, 9.17) is 11.6 Å². The highest BCUT2D eigenvalue weighted by Gasteiger charge is 2.20. The van der Waals surface area contributed by atoms with Gasteiger partial charge in [-0.25, -0.2) is 4.39 Å². The molecule has 26 heavy (non-hydrogen) atoms. The maximum Gasteiger partial charge on any atom is 0.220 e. The summed E-state index contributed by atoms with van der Waals surface area (Å²) in [7, 11) is 0. The van der Waals surface area contributed by atoms with Crippen LogP contribution in [0.3, 0.4) is 0 Å². The molecule has 0 aliphatic carbocycles. The third kappa shape index (κ3) is 5.82. The maximum absolute atomic E-state index is 13.2. The number of nitrogens with zero attached hydrogens (tertiary/aromatic N) is 1. The van der Waals surface area contributed by atoms with Crippen molar-refractivity contribution < 1.29 is 9.18 Å². The van der Waals surface area contributed by atoms with Gasteiger partial charge in [0.05, 0.1) is 0 Å². The molecule has 0 aromatic heterocycles. The summed E-state index contributed by atoms with van der Waals surface area (Å²) in [6.45, 7) is 2.85. The first-order chi connectivity index (χ1) is 12.6. The van der Waals surface area contributed by atoms with E-state index in [1.165, 1.54) is 17.7 Å². The van der Waals surface area contributed by atoms with Gasteiger partial charge in [0.1, 0.15) is 5.82 Å². The molecule has 1 fully saturated rings. The van der Waals surface area contributed by atoms with Crippen molar-refractivity contribution in [3.63, 3.8) is 0 Å². The van der Waals surface area contributed by atoms with Crippen molar-refractivity contribution in [1.29, 1.82) is 0 Å². The predicted molar refractivity (Wildman–Crippen MR) is 103 cm³/mol. The number of halogens is 2. The minimum absolute atomic E-state index is 0.0467. The number of nitrogens with one attached hydrogen (secondary N) is 1. The van der Waals surface area contributed by atoms with Gasteiger partial charge < -0.3 is 5.32 Å². The lowest BCUT2D eigenvalue weighted by Crippen LogP contribution is -2.44. The lowest BCUT2D eigenvalue weighted by Gasteiger charge is -2.32. The standard InChI is InChI=1S/C21H24ClFN2O/c22-18-7-4-17(5-8-18)15-25-12-10-20(11-13-25)24-21(26)9-6-16-2-1-3-19(23)14-16/h1-5,7-8,14,20H,6,9-13,15H2,(H,24,26). The topological polar surface area (TPSA) is 32.3 Å². The second kappa shape index (κ2) is 9.15. The summed E-state index contributed by atoms with van der Waals surface area (Å²) in [6, 6.07) is 14.6. The van der Waals surface area contributed by atoms with E-state index in [9.17, 15) is 9.18 Å². The zero-order valence-electron chi connectivity index (χ0n) is 14.8. The van der Waals surface area contributed by atoms with E-state index in [1.54, 1.807) is 6.07 Å². The van der Waals surface area contributed by atoms with Crippen LogP contribution >= 0.6 is 11.6 Å². The molecule has 0 radical (unpaired) electrons. The van der Waals surface area contributed by atoms with Crippen molar-refractivity contribution in [1.82, 2.24) is 10.2 Å². The summed E-state index contributed by atoms with van der Waals surface area (Å²) in [6.07, 6.45) is 2.88. The molecule has 1 N–H and O–H groups in total. The minimum Gasteiger partial charge on any atom is -0.353 e. The van der Waals surface area contributed by atoms with E-state index in [0.29, 0.717) is 12.8 Å². The molecule has 1 amide bonds. The Morgan fingerprint density at radius 2 is 1.85 bits per heavy atom. The van der Waals surface area contributed by atoms with E-state index in [0.717, 1.165) is 43.1 Å². The number of likely N-dealkylation sites (tertiary alicyclic amines) is 1. The average molecular weight is 375 g/mol. The smallest absolute Gasteiger partial charge is 0.220 e. The van der Waals surface area contributed by atoms with Gasteiger partial charge in [0.25, 0.3) is 0 Å². The van der Waals surface area contributed by atoms with E-state index < -0.39 is 0 Å². The number of carbonyl (C=O) groups is 1. The summed E-state index contributed by atoms with van der Waals surface area (Å²) in [5, 5.41) is 3.88. The van der Waals surface area contributed by atoms with Gasteiger partial charge in [0.2, 0.25) is 5.91 Å². The summed E-state index contributed by atoms with van der Waals surface area (Å²) in [4.78, 5) is 14.5. The Hall–Kier alpha value is -1.91. The van der Waals surface area contributed by atoms with Crippen LogP contribution < -0.4 is 5.32 Å². The number of carbonyl (C=O) groups excluding carboxylic acids is 1. The van der Waals surface area contributed by atoms with Gasteiger partial charge in [-0.15, -0.1) is 0 Å². The van der Waals surface area contributed by atoms with Gasteiger partial charge >= 0.3 is 0 Å². The fourth-order valence-corrected chi connectivity index (χ4v) is 3.46. The van der Waals surface area contributed by atoms with Gasteiger partial charge in [-0.3, -0.25) is 9.69 Å². The third-order valence-electron chi connectivity index (χ3n) is 4.80. The maximum atomic E-state index is 13.2. The molecule has 2 aromatic carbocycles. The number of amides is 1. The van der Waals surface area contributed by atoms with Crippen LogP contribution in [-0.4, -0.2) is 29.9 Å². The highest BCUT2D eigenvalue weighted by atomic mass is 35.5. The normalized spacial score (nSPS) is 15.8. The van der Waals surface area contributed by atoms with Crippen LogP contribution in [0.4, 0.5) is 4.39 Å². The lowest BCUT2D eigenvalue weighted by atomic mass is 10.0. The van der Waals surface area contributed by atoms with Crippen molar-refractivity contribution in [2.45, 2.75) is 38.3 Å². The fraction of sp³-hybridized carbons (Fsp3) is 0.381. The van der Waals surface area contributed by atoms with E-state index >= 15 is 0 Å². The number of aryl methyl sites for hydroxylation is 1. The van der Waals surface area contributed by atoms with Crippen molar-refractivity contribution in [3.05, 3.63) is 70.5 Å². The van der Waals surface area contributed by atoms with Crippen LogP contribution in [0.15, 0.2) is 48.5 Å². The van der Waals surface area contributed by atoms with E-state index in [-0.39, 0.29) is 17.8 Å². The monoisotopic (exact) mass is 374 g/mol. The van der Waals surface area contributed by atoms with Gasteiger partial charge in [-0.05, 0) is 54.7 Å². The molecule has 1 aliphatic rings. The second-order valence-electron chi connectivity index (χ2n) is 6.87. The lowest BCUT2D eigenvalue weighted by molar-refractivity contribution is -0.122. The minimum atomic E-state index is -0.254. The van der Waals surface area contributed by atoms with Crippen molar-refractivity contribution in [2.24, 2.45) is 0 Å². The molecule has 5 heteroatoms. The van der Waals surface area contributed by atoms with E-state index in [1.807, 2.05) is 18.2 Å². The Labute approximate surface area is 159 Å². The highest BCUT2D eigenvalue weighted by molar-refractivity contribution is 6.30. The molecule has 1 saturated heterocycles. The van der Waals surface area contributed by atoms with Gasteiger partial charge in [0, 0.05) is 37.1 Å². The summed E-state index contributed by atoms with van der Waals surface area (Å²) in [5.74, 6) is -0.207. The Bertz CT molecular complexity index is 727. The summed E-state index contributed by atoms with van der Waals surface area (Å²) in [5.41, 5.74) is 2.12. The van der Waals surface area contributed by atoms with Crippen LogP contribution in [-0.2, 0) is 17.8 Å². The Kier molecular flexibility index (Phi) is 6.64. The number of rotatable bonds is 6. The Balaban J connectivity index is 1.38. The Morgan fingerprint density at radius 1 is 1.12 bits per heavy atom. The van der Waals surface area contributed by atoms with Crippen LogP contribution in [0.5, 0.6) is 0 Å². The quantitative estimate of drug-likeness (QED) is 0.822. The number of hydrogen-bond acceptors (Lipinski definition) is 2. The average Bonchev–Trinajstić information content (AvgIpc) is 2.64.